The molecular formula is C13H16O4. The first-order valence-corrected chi connectivity index (χ1v) is 5.22. The van der Waals surface area contributed by atoms with Gasteiger partial charge in [-0.2, -0.15) is 0 Å². The van der Waals surface area contributed by atoms with Crippen molar-refractivity contribution in [1.29, 1.82) is 0 Å². The van der Waals surface area contributed by atoms with E-state index in [1.807, 2.05) is 0 Å². The minimum Gasteiger partial charge on any atom is -0.495 e. The second-order valence-electron chi connectivity index (χ2n) is 3.31. The molecule has 0 saturated heterocycles. The van der Waals surface area contributed by atoms with Crippen molar-refractivity contribution in [1.82, 2.24) is 0 Å². The summed E-state index contributed by atoms with van der Waals surface area (Å²) >= 11 is 0. The van der Waals surface area contributed by atoms with Gasteiger partial charge in [-0.15, -0.1) is 0 Å². The van der Waals surface area contributed by atoms with Gasteiger partial charge in [0.15, 0.2) is 0 Å². The molecule has 0 fully saturated rings. The quantitative estimate of drug-likeness (QED) is 0.763. The number of benzene rings is 1. The van der Waals surface area contributed by atoms with Crippen molar-refractivity contribution in [3.05, 3.63) is 23.3 Å². The molecule has 0 unspecified atom stereocenters. The van der Waals surface area contributed by atoms with Crippen molar-refractivity contribution < 1.29 is 19.7 Å². The standard InChI is InChI=1S/C13H16O4/c1-16-12-7-10(9-15)8-13(17-2)11(12)5-3-4-6-14/h7-8,14-15H,4,6,9H2,1-2H3. The molecule has 4 nitrogen and oxygen atoms in total. The van der Waals surface area contributed by atoms with Gasteiger partial charge < -0.3 is 19.7 Å². The van der Waals surface area contributed by atoms with Crippen LogP contribution < -0.4 is 9.47 Å². The first kappa shape index (κ1) is 13.4. The van der Waals surface area contributed by atoms with E-state index in [0.717, 1.165) is 0 Å². The van der Waals surface area contributed by atoms with Crippen LogP contribution in [0.2, 0.25) is 0 Å². The highest BCUT2D eigenvalue weighted by Crippen LogP contribution is 2.29. The molecule has 0 heterocycles. The van der Waals surface area contributed by atoms with Crippen LogP contribution in [-0.4, -0.2) is 31.0 Å². The van der Waals surface area contributed by atoms with Gasteiger partial charge in [0.1, 0.15) is 17.1 Å². The fraction of sp³-hybridized carbons (Fsp3) is 0.385. The van der Waals surface area contributed by atoms with Crippen molar-refractivity contribution >= 4 is 0 Å². The van der Waals surface area contributed by atoms with E-state index in [-0.39, 0.29) is 13.2 Å². The maximum absolute atomic E-state index is 9.10. The third-order valence-electron chi connectivity index (χ3n) is 2.20. The number of rotatable bonds is 4. The largest absolute Gasteiger partial charge is 0.495 e. The van der Waals surface area contributed by atoms with Crippen LogP contribution in [0.4, 0.5) is 0 Å². The summed E-state index contributed by atoms with van der Waals surface area (Å²) in [5.74, 6) is 6.82. The highest BCUT2D eigenvalue weighted by atomic mass is 16.5. The van der Waals surface area contributed by atoms with E-state index in [2.05, 4.69) is 11.8 Å². The fourth-order valence-electron chi connectivity index (χ4n) is 1.39. The summed E-state index contributed by atoms with van der Waals surface area (Å²) < 4.78 is 10.4. The molecule has 0 bridgehead atoms. The molecule has 1 aromatic rings. The summed E-state index contributed by atoms with van der Waals surface area (Å²) in [6.45, 7) is -0.0660. The van der Waals surface area contributed by atoms with Crippen molar-refractivity contribution in [2.45, 2.75) is 13.0 Å². The third-order valence-corrected chi connectivity index (χ3v) is 2.20. The predicted octanol–water partition coefficient (Wildman–Crippen LogP) is 0.930. The van der Waals surface area contributed by atoms with E-state index in [1.165, 1.54) is 14.2 Å². The van der Waals surface area contributed by atoms with Crippen LogP contribution in [0.3, 0.4) is 0 Å². The van der Waals surface area contributed by atoms with Gasteiger partial charge in [0.05, 0.1) is 27.4 Å². The average Bonchev–Trinajstić information content (AvgIpc) is 2.38. The topological polar surface area (TPSA) is 58.9 Å². The van der Waals surface area contributed by atoms with E-state index in [4.69, 9.17) is 19.7 Å². The molecule has 4 heteroatoms. The second-order valence-corrected chi connectivity index (χ2v) is 3.31. The van der Waals surface area contributed by atoms with E-state index >= 15 is 0 Å². The molecule has 0 aliphatic heterocycles. The smallest absolute Gasteiger partial charge is 0.138 e. The number of methoxy groups -OCH3 is 2. The molecule has 1 aromatic carbocycles. The Bertz CT molecular complexity index is 404. The molecule has 0 radical (unpaired) electrons. The molecule has 0 spiro atoms. The van der Waals surface area contributed by atoms with Crippen LogP contribution in [0.25, 0.3) is 0 Å². The van der Waals surface area contributed by atoms with Crippen LogP contribution in [0, 0.1) is 11.8 Å². The van der Waals surface area contributed by atoms with Crippen molar-refractivity contribution in [2.24, 2.45) is 0 Å². The Kier molecular flexibility index (Phi) is 5.34. The van der Waals surface area contributed by atoms with Gasteiger partial charge >= 0.3 is 0 Å². The number of ether oxygens (including phenoxy) is 2. The normalized spacial score (nSPS) is 9.41. The van der Waals surface area contributed by atoms with Crippen molar-refractivity contribution in [2.75, 3.05) is 20.8 Å². The van der Waals surface area contributed by atoms with Crippen LogP contribution >= 0.6 is 0 Å². The maximum Gasteiger partial charge on any atom is 0.138 e. The zero-order chi connectivity index (χ0) is 12.7. The molecular weight excluding hydrogens is 220 g/mol. The third kappa shape index (κ3) is 3.38. The monoisotopic (exact) mass is 236 g/mol. The number of aliphatic hydroxyl groups excluding tert-OH is 2. The number of hydrogen-bond donors (Lipinski definition) is 2. The molecule has 0 amide bonds. The summed E-state index contributed by atoms with van der Waals surface area (Å²) in [7, 11) is 3.07. The lowest BCUT2D eigenvalue weighted by Crippen LogP contribution is -1.96. The summed E-state index contributed by atoms with van der Waals surface area (Å²) in [4.78, 5) is 0. The SMILES string of the molecule is COc1cc(CO)cc(OC)c1C#CCCO. The predicted molar refractivity (Wildman–Crippen MR) is 64.0 cm³/mol. The van der Waals surface area contributed by atoms with Gasteiger partial charge in [0.2, 0.25) is 0 Å². The van der Waals surface area contributed by atoms with E-state index in [1.54, 1.807) is 12.1 Å². The average molecular weight is 236 g/mol. The van der Waals surface area contributed by atoms with E-state index in [0.29, 0.717) is 29.0 Å². The first-order chi connectivity index (χ1) is 8.26. The summed E-state index contributed by atoms with van der Waals surface area (Å²) in [5, 5.41) is 17.8. The lowest BCUT2D eigenvalue weighted by atomic mass is 10.1. The molecule has 1 rings (SSSR count). The molecule has 0 atom stereocenters. The van der Waals surface area contributed by atoms with Crippen LogP contribution in [0.15, 0.2) is 12.1 Å². The van der Waals surface area contributed by atoms with E-state index in [9.17, 15) is 0 Å². The molecule has 0 aliphatic carbocycles. The minimum absolute atomic E-state index is 0.0202. The molecule has 0 aromatic heterocycles. The van der Waals surface area contributed by atoms with Gasteiger partial charge in [-0.25, -0.2) is 0 Å². The van der Waals surface area contributed by atoms with Crippen LogP contribution in [-0.2, 0) is 6.61 Å². The van der Waals surface area contributed by atoms with Gasteiger partial charge in [0.25, 0.3) is 0 Å². The molecule has 17 heavy (non-hydrogen) atoms. The lowest BCUT2D eigenvalue weighted by Gasteiger charge is -2.10. The van der Waals surface area contributed by atoms with E-state index < -0.39 is 0 Å². The maximum atomic E-state index is 9.10. The lowest BCUT2D eigenvalue weighted by molar-refractivity contribution is 0.280. The first-order valence-electron chi connectivity index (χ1n) is 5.22. The highest BCUT2D eigenvalue weighted by Gasteiger charge is 2.10. The Morgan fingerprint density at radius 1 is 1.12 bits per heavy atom. The molecule has 0 aliphatic rings. The fourth-order valence-corrected chi connectivity index (χ4v) is 1.39. The minimum atomic E-state index is -0.0862. The van der Waals surface area contributed by atoms with Gasteiger partial charge in [0, 0.05) is 6.42 Å². The van der Waals surface area contributed by atoms with Crippen LogP contribution in [0.5, 0.6) is 11.5 Å². The highest BCUT2D eigenvalue weighted by molar-refractivity contribution is 5.57. The zero-order valence-corrected chi connectivity index (χ0v) is 9.99. The zero-order valence-electron chi connectivity index (χ0n) is 9.99. The Morgan fingerprint density at radius 2 is 1.71 bits per heavy atom. The molecule has 2 N–H and O–H groups in total. The Hall–Kier alpha value is -1.70. The molecule has 0 saturated carbocycles. The number of aliphatic hydroxyl groups is 2. The van der Waals surface area contributed by atoms with Gasteiger partial charge in [-0.3, -0.25) is 0 Å². The Labute approximate surface area is 101 Å². The second kappa shape index (κ2) is 6.79. The molecule has 92 valence electrons. The Balaban J connectivity index is 3.21. The summed E-state index contributed by atoms with van der Waals surface area (Å²) in [6.07, 6.45) is 0.397. The van der Waals surface area contributed by atoms with Crippen LogP contribution in [0.1, 0.15) is 17.5 Å². The van der Waals surface area contributed by atoms with Crippen molar-refractivity contribution in [3.63, 3.8) is 0 Å². The summed E-state index contributed by atoms with van der Waals surface area (Å²) in [6, 6.07) is 3.43. The number of hydrogen-bond acceptors (Lipinski definition) is 4. The Morgan fingerprint density at radius 3 is 2.12 bits per heavy atom. The van der Waals surface area contributed by atoms with Gasteiger partial charge in [-0.05, 0) is 17.7 Å². The van der Waals surface area contributed by atoms with Crippen molar-refractivity contribution in [3.8, 4) is 23.3 Å². The summed E-state index contributed by atoms with van der Waals surface area (Å²) in [5.41, 5.74) is 1.33. The van der Waals surface area contributed by atoms with Gasteiger partial charge in [-0.1, -0.05) is 11.8 Å².